The highest BCUT2D eigenvalue weighted by Crippen LogP contribution is 2.31. The van der Waals surface area contributed by atoms with Gasteiger partial charge in [-0.05, 0) is 31.2 Å². The lowest BCUT2D eigenvalue weighted by atomic mass is 9.78. The molecule has 2 heterocycles. The topological polar surface area (TPSA) is 21.7 Å². The first-order valence-electron chi connectivity index (χ1n) is 6.34. The fraction of sp³-hybridized carbons (Fsp3) is 1.00. The van der Waals surface area contributed by atoms with Gasteiger partial charge in [0.2, 0.25) is 0 Å². The van der Waals surface area contributed by atoms with Crippen molar-refractivity contribution in [2.24, 2.45) is 11.3 Å². The zero-order valence-corrected chi connectivity index (χ0v) is 11.3. The van der Waals surface area contributed by atoms with Gasteiger partial charge in [0.05, 0.1) is 13.3 Å². The minimum absolute atomic E-state index is 0.445. The van der Waals surface area contributed by atoms with Crippen LogP contribution in [0.4, 0.5) is 0 Å². The van der Waals surface area contributed by atoms with Crippen LogP contribution in [-0.2, 0) is 9.47 Å². The number of ether oxygens (including phenoxy) is 2. The molecule has 0 spiro atoms. The van der Waals surface area contributed by atoms with Gasteiger partial charge in [-0.25, -0.2) is 0 Å². The Kier molecular flexibility index (Phi) is 5.73. The molecule has 2 fully saturated rings. The van der Waals surface area contributed by atoms with E-state index in [1.54, 1.807) is 0 Å². The molecule has 2 aliphatic rings. The molecule has 0 radical (unpaired) electrons. The summed E-state index contributed by atoms with van der Waals surface area (Å²) >= 11 is 0. The van der Waals surface area contributed by atoms with Crippen LogP contribution < -0.4 is 0 Å². The van der Waals surface area contributed by atoms with Crippen LogP contribution in [0.3, 0.4) is 0 Å². The van der Waals surface area contributed by atoms with Crippen molar-refractivity contribution in [2.45, 2.75) is 33.6 Å². The SMILES string of the molecule is CC(C)(C)C1CCCOC1.CN1CCOC1. The largest absolute Gasteiger partial charge is 0.381 e. The number of hydrogen-bond acceptors (Lipinski definition) is 3. The summed E-state index contributed by atoms with van der Waals surface area (Å²) in [5.74, 6) is 0.779. The van der Waals surface area contributed by atoms with Crippen LogP contribution in [0.25, 0.3) is 0 Å². The molecule has 3 heteroatoms. The Labute approximate surface area is 100 Å². The molecule has 0 aromatic heterocycles. The fourth-order valence-electron chi connectivity index (χ4n) is 1.93. The normalized spacial score (nSPS) is 27.4. The van der Waals surface area contributed by atoms with Gasteiger partial charge in [0.25, 0.3) is 0 Å². The highest BCUT2D eigenvalue weighted by Gasteiger charge is 2.26. The van der Waals surface area contributed by atoms with Gasteiger partial charge in [-0.15, -0.1) is 0 Å². The van der Waals surface area contributed by atoms with Crippen molar-refractivity contribution in [2.75, 3.05) is 40.1 Å². The van der Waals surface area contributed by atoms with Gasteiger partial charge < -0.3 is 9.47 Å². The van der Waals surface area contributed by atoms with Gasteiger partial charge >= 0.3 is 0 Å². The lowest BCUT2D eigenvalue weighted by molar-refractivity contribution is 0.0103. The van der Waals surface area contributed by atoms with Gasteiger partial charge in [0, 0.05) is 19.8 Å². The third-order valence-electron chi connectivity index (χ3n) is 3.31. The predicted octanol–water partition coefficient (Wildman–Crippen LogP) is 2.37. The Morgan fingerprint density at radius 3 is 2.12 bits per heavy atom. The quantitative estimate of drug-likeness (QED) is 0.636. The van der Waals surface area contributed by atoms with Gasteiger partial charge in [-0.2, -0.15) is 0 Å². The van der Waals surface area contributed by atoms with E-state index >= 15 is 0 Å². The van der Waals surface area contributed by atoms with Crippen LogP contribution in [0.15, 0.2) is 0 Å². The van der Waals surface area contributed by atoms with Crippen molar-refractivity contribution in [3.8, 4) is 0 Å². The molecule has 0 bridgehead atoms. The molecule has 1 unspecified atom stereocenters. The van der Waals surface area contributed by atoms with E-state index in [-0.39, 0.29) is 0 Å². The zero-order chi connectivity index (χ0) is 12.0. The van der Waals surface area contributed by atoms with E-state index in [4.69, 9.17) is 9.47 Å². The standard InChI is InChI=1S/C9H18O.C4H9NO/c1-9(2,3)8-5-4-6-10-7-8;1-5-2-3-6-4-5/h8H,4-7H2,1-3H3;2-4H2,1H3. The maximum atomic E-state index is 5.41. The van der Waals surface area contributed by atoms with Crippen molar-refractivity contribution >= 4 is 0 Å². The Balaban J connectivity index is 0.000000181. The second-order valence-corrected chi connectivity index (χ2v) is 5.90. The summed E-state index contributed by atoms with van der Waals surface area (Å²) in [6, 6.07) is 0. The summed E-state index contributed by atoms with van der Waals surface area (Å²) in [6.45, 7) is 11.7. The Morgan fingerprint density at radius 1 is 1.12 bits per heavy atom. The second-order valence-electron chi connectivity index (χ2n) is 5.90. The highest BCUT2D eigenvalue weighted by molar-refractivity contribution is 4.75. The van der Waals surface area contributed by atoms with Crippen LogP contribution in [0.1, 0.15) is 33.6 Å². The van der Waals surface area contributed by atoms with Gasteiger partial charge in [-0.1, -0.05) is 20.8 Å². The van der Waals surface area contributed by atoms with Gasteiger partial charge in [-0.3, -0.25) is 4.90 Å². The molecular weight excluding hydrogens is 202 g/mol. The molecule has 2 rings (SSSR count). The maximum absolute atomic E-state index is 5.41. The Bertz CT molecular complexity index is 177. The Morgan fingerprint density at radius 2 is 1.88 bits per heavy atom. The van der Waals surface area contributed by atoms with Crippen LogP contribution in [-0.4, -0.2) is 45.0 Å². The van der Waals surface area contributed by atoms with E-state index in [1.165, 1.54) is 12.8 Å². The minimum atomic E-state index is 0.445. The summed E-state index contributed by atoms with van der Waals surface area (Å²) < 4.78 is 10.4. The highest BCUT2D eigenvalue weighted by atomic mass is 16.5. The molecule has 0 amide bonds. The molecule has 3 nitrogen and oxygen atoms in total. The van der Waals surface area contributed by atoms with Crippen molar-refractivity contribution in [3.05, 3.63) is 0 Å². The second kappa shape index (κ2) is 6.58. The first-order valence-corrected chi connectivity index (χ1v) is 6.34. The van der Waals surface area contributed by atoms with E-state index in [9.17, 15) is 0 Å². The van der Waals surface area contributed by atoms with E-state index in [0.29, 0.717) is 5.41 Å². The number of hydrogen-bond donors (Lipinski definition) is 0. The molecule has 1 atom stereocenters. The van der Waals surface area contributed by atoms with E-state index in [1.807, 2.05) is 7.05 Å². The van der Waals surface area contributed by atoms with E-state index in [0.717, 1.165) is 39.0 Å². The maximum Gasteiger partial charge on any atom is 0.0989 e. The molecule has 96 valence electrons. The lowest BCUT2D eigenvalue weighted by Gasteiger charge is -2.33. The van der Waals surface area contributed by atoms with E-state index < -0.39 is 0 Å². The van der Waals surface area contributed by atoms with Crippen LogP contribution in [0.2, 0.25) is 0 Å². The summed E-state index contributed by atoms with van der Waals surface area (Å²) in [4.78, 5) is 2.14. The van der Waals surface area contributed by atoms with Crippen molar-refractivity contribution in [3.63, 3.8) is 0 Å². The summed E-state index contributed by atoms with van der Waals surface area (Å²) in [7, 11) is 2.05. The van der Waals surface area contributed by atoms with E-state index in [2.05, 4.69) is 25.7 Å². The first-order chi connectivity index (χ1) is 7.50. The lowest BCUT2D eigenvalue weighted by Crippen LogP contribution is -2.29. The summed E-state index contributed by atoms with van der Waals surface area (Å²) in [6.07, 6.45) is 2.60. The molecular formula is C13H27NO2. The molecule has 0 aliphatic carbocycles. The van der Waals surface area contributed by atoms with Crippen molar-refractivity contribution in [1.29, 1.82) is 0 Å². The van der Waals surface area contributed by atoms with Crippen molar-refractivity contribution < 1.29 is 9.47 Å². The smallest absolute Gasteiger partial charge is 0.0989 e. The van der Waals surface area contributed by atoms with Gasteiger partial charge in [0.15, 0.2) is 0 Å². The first kappa shape index (κ1) is 13.9. The molecule has 0 aromatic carbocycles. The minimum Gasteiger partial charge on any atom is -0.381 e. The number of nitrogens with zero attached hydrogens (tertiary/aromatic N) is 1. The van der Waals surface area contributed by atoms with Gasteiger partial charge in [0.1, 0.15) is 0 Å². The number of likely N-dealkylation sites (N-methyl/N-ethyl adjacent to an activating group) is 1. The predicted molar refractivity (Wildman–Crippen MR) is 66.4 cm³/mol. The molecule has 0 aromatic rings. The zero-order valence-electron chi connectivity index (χ0n) is 11.3. The fourth-order valence-corrected chi connectivity index (χ4v) is 1.93. The summed E-state index contributed by atoms with van der Waals surface area (Å²) in [5, 5.41) is 0. The number of rotatable bonds is 0. The monoisotopic (exact) mass is 229 g/mol. The third-order valence-corrected chi connectivity index (χ3v) is 3.31. The third kappa shape index (κ3) is 5.28. The molecule has 16 heavy (non-hydrogen) atoms. The molecule has 2 aliphatic heterocycles. The molecule has 2 saturated heterocycles. The molecule has 0 saturated carbocycles. The Hall–Kier alpha value is -0.120. The molecule has 0 N–H and O–H groups in total. The van der Waals surface area contributed by atoms with Crippen LogP contribution in [0, 0.1) is 11.3 Å². The van der Waals surface area contributed by atoms with Crippen LogP contribution >= 0.6 is 0 Å². The average molecular weight is 229 g/mol. The van der Waals surface area contributed by atoms with Crippen molar-refractivity contribution in [1.82, 2.24) is 4.90 Å². The average Bonchev–Trinajstić information content (AvgIpc) is 2.70. The van der Waals surface area contributed by atoms with Crippen LogP contribution in [0.5, 0.6) is 0 Å². The summed E-state index contributed by atoms with van der Waals surface area (Å²) in [5.41, 5.74) is 0.445.